The Morgan fingerprint density at radius 1 is 1.75 bits per heavy atom. The first-order chi connectivity index (χ1) is 5.49. The standard InChI is InChI=1S/C7H14N2O2S/c1-5(4-6(8)12)9(2)7(10)11-3/h5H,4H2,1-3H3,(H2,8,12). The van der Waals surface area contributed by atoms with Crippen LogP contribution in [0.25, 0.3) is 0 Å². The maximum absolute atomic E-state index is 11.0. The minimum absolute atomic E-state index is 0.0186. The molecule has 5 heteroatoms. The zero-order chi connectivity index (χ0) is 9.72. The van der Waals surface area contributed by atoms with E-state index in [2.05, 4.69) is 4.74 Å². The summed E-state index contributed by atoms with van der Waals surface area (Å²) in [6.45, 7) is 1.86. The van der Waals surface area contributed by atoms with Gasteiger partial charge in [-0.05, 0) is 6.92 Å². The summed E-state index contributed by atoms with van der Waals surface area (Å²) in [5, 5.41) is 0. The zero-order valence-electron chi connectivity index (χ0n) is 7.53. The van der Waals surface area contributed by atoms with Crippen LogP contribution in [-0.4, -0.2) is 36.2 Å². The lowest BCUT2D eigenvalue weighted by Gasteiger charge is -2.22. The van der Waals surface area contributed by atoms with E-state index in [1.54, 1.807) is 7.05 Å². The SMILES string of the molecule is COC(=O)N(C)C(C)CC(N)=S. The van der Waals surface area contributed by atoms with Crippen LogP contribution in [0.15, 0.2) is 0 Å². The lowest BCUT2D eigenvalue weighted by atomic mass is 10.2. The third-order valence-corrected chi connectivity index (χ3v) is 1.79. The molecule has 0 aliphatic heterocycles. The lowest BCUT2D eigenvalue weighted by Crippen LogP contribution is -2.37. The Hall–Kier alpha value is -0.840. The number of thiocarbonyl (C=S) groups is 1. The van der Waals surface area contributed by atoms with Crippen molar-refractivity contribution in [1.29, 1.82) is 0 Å². The van der Waals surface area contributed by atoms with E-state index in [1.165, 1.54) is 12.0 Å². The number of methoxy groups -OCH3 is 1. The molecule has 2 N–H and O–H groups in total. The summed E-state index contributed by atoms with van der Waals surface area (Å²) in [4.78, 5) is 12.8. The van der Waals surface area contributed by atoms with Gasteiger partial charge in [0.15, 0.2) is 0 Å². The third kappa shape index (κ3) is 3.52. The molecule has 0 aliphatic rings. The number of nitrogens with zero attached hydrogens (tertiary/aromatic N) is 1. The molecule has 0 heterocycles. The largest absolute Gasteiger partial charge is 0.453 e. The topological polar surface area (TPSA) is 55.6 Å². The van der Waals surface area contributed by atoms with Crippen molar-refractivity contribution in [3.8, 4) is 0 Å². The fourth-order valence-corrected chi connectivity index (χ4v) is 0.993. The molecule has 0 aromatic heterocycles. The smallest absolute Gasteiger partial charge is 0.409 e. The Bertz CT molecular complexity index is 184. The van der Waals surface area contributed by atoms with Crippen molar-refractivity contribution in [1.82, 2.24) is 4.90 Å². The highest BCUT2D eigenvalue weighted by atomic mass is 32.1. The highest BCUT2D eigenvalue weighted by molar-refractivity contribution is 7.80. The first-order valence-corrected chi connectivity index (χ1v) is 3.99. The summed E-state index contributed by atoms with van der Waals surface area (Å²) < 4.78 is 4.52. The molecule has 0 fully saturated rings. The number of carbonyl (C=O) groups is 1. The van der Waals surface area contributed by atoms with E-state index < -0.39 is 0 Å². The van der Waals surface area contributed by atoms with Crippen molar-refractivity contribution >= 4 is 23.3 Å². The maximum atomic E-state index is 11.0. The quantitative estimate of drug-likeness (QED) is 0.667. The Balaban J connectivity index is 4.00. The number of hydrogen-bond donors (Lipinski definition) is 1. The molecule has 0 bridgehead atoms. The predicted molar refractivity (Wildman–Crippen MR) is 51.0 cm³/mol. The minimum Gasteiger partial charge on any atom is -0.453 e. The van der Waals surface area contributed by atoms with E-state index >= 15 is 0 Å². The third-order valence-electron chi connectivity index (χ3n) is 1.62. The molecule has 4 nitrogen and oxygen atoms in total. The number of rotatable bonds is 3. The summed E-state index contributed by atoms with van der Waals surface area (Å²) in [5.41, 5.74) is 5.33. The molecule has 0 rings (SSSR count). The monoisotopic (exact) mass is 190 g/mol. The first-order valence-electron chi connectivity index (χ1n) is 3.58. The van der Waals surface area contributed by atoms with E-state index in [-0.39, 0.29) is 12.1 Å². The molecule has 1 atom stereocenters. The van der Waals surface area contributed by atoms with Gasteiger partial charge in [0.1, 0.15) is 0 Å². The number of carbonyl (C=O) groups excluding carboxylic acids is 1. The molecule has 0 radical (unpaired) electrons. The average Bonchev–Trinajstić information content (AvgIpc) is 2.00. The second kappa shape index (κ2) is 4.92. The van der Waals surface area contributed by atoms with Gasteiger partial charge in [0, 0.05) is 19.5 Å². The molecule has 0 saturated heterocycles. The number of hydrogen-bond acceptors (Lipinski definition) is 3. The molecule has 0 aliphatic carbocycles. The number of nitrogens with two attached hydrogens (primary N) is 1. The second-order valence-corrected chi connectivity index (χ2v) is 3.12. The summed E-state index contributed by atoms with van der Waals surface area (Å²) in [6.07, 6.45) is 0.139. The van der Waals surface area contributed by atoms with Gasteiger partial charge in [-0.25, -0.2) is 4.79 Å². The van der Waals surface area contributed by atoms with Crippen molar-refractivity contribution < 1.29 is 9.53 Å². The van der Waals surface area contributed by atoms with Gasteiger partial charge in [-0.1, -0.05) is 12.2 Å². The molecular weight excluding hydrogens is 176 g/mol. The van der Waals surface area contributed by atoms with Crippen LogP contribution in [0.5, 0.6) is 0 Å². The Morgan fingerprint density at radius 2 is 2.25 bits per heavy atom. The van der Waals surface area contributed by atoms with E-state index in [9.17, 15) is 4.79 Å². The molecule has 12 heavy (non-hydrogen) atoms. The molecular formula is C7H14N2O2S. The predicted octanol–water partition coefficient (Wildman–Crippen LogP) is 0.749. The molecule has 0 saturated carbocycles. The van der Waals surface area contributed by atoms with E-state index in [0.29, 0.717) is 11.4 Å². The lowest BCUT2D eigenvalue weighted by molar-refractivity contribution is 0.121. The van der Waals surface area contributed by atoms with Crippen LogP contribution in [-0.2, 0) is 4.74 Å². The molecule has 70 valence electrons. The van der Waals surface area contributed by atoms with Gasteiger partial charge >= 0.3 is 6.09 Å². The van der Waals surface area contributed by atoms with Gasteiger partial charge in [0.2, 0.25) is 0 Å². The van der Waals surface area contributed by atoms with Gasteiger partial charge in [0.05, 0.1) is 12.1 Å². The molecule has 1 unspecified atom stereocenters. The van der Waals surface area contributed by atoms with Gasteiger partial charge in [-0.15, -0.1) is 0 Å². The van der Waals surface area contributed by atoms with Crippen LogP contribution in [0.3, 0.4) is 0 Å². The van der Waals surface area contributed by atoms with Crippen LogP contribution in [0.1, 0.15) is 13.3 Å². The highest BCUT2D eigenvalue weighted by Gasteiger charge is 2.15. The second-order valence-electron chi connectivity index (χ2n) is 2.60. The Morgan fingerprint density at radius 3 is 2.58 bits per heavy atom. The van der Waals surface area contributed by atoms with Gasteiger partial charge in [-0.3, -0.25) is 0 Å². The van der Waals surface area contributed by atoms with Crippen LogP contribution in [0.4, 0.5) is 4.79 Å². The average molecular weight is 190 g/mol. The minimum atomic E-state index is -0.376. The van der Waals surface area contributed by atoms with Crippen LogP contribution < -0.4 is 5.73 Å². The van der Waals surface area contributed by atoms with Gasteiger partial charge < -0.3 is 15.4 Å². The summed E-state index contributed by atoms with van der Waals surface area (Å²) in [5.74, 6) is 0. The zero-order valence-corrected chi connectivity index (χ0v) is 8.35. The normalized spacial score (nSPS) is 11.9. The van der Waals surface area contributed by atoms with Crippen molar-refractivity contribution in [2.75, 3.05) is 14.2 Å². The van der Waals surface area contributed by atoms with Gasteiger partial charge in [-0.2, -0.15) is 0 Å². The van der Waals surface area contributed by atoms with Crippen LogP contribution >= 0.6 is 12.2 Å². The Kier molecular flexibility index (Phi) is 4.58. The summed E-state index contributed by atoms with van der Waals surface area (Å²) >= 11 is 4.71. The van der Waals surface area contributed by atoms with Crippen molar-refractivity contribution in [3.63, 3.8) is 0 Å². The number of amides is 1. The first kappa shape index (κ1) is 11.2. The van der Waals surface area contributed by atoms with Crippen molar-refractivity contribution in [2.24, 2.45) is 5.73 Å². The summed E-state index contributed by atoms with van der Waals surface area (Å²) in [6, 6.07) is -0.0186. The highest BCUT2D eigenvalue weighted by Crippen LogP contribution is 2.02. The molecule has 0 spiro atoms. The molecule has 0 aromatic carbocycles. The van der Waals surface area contributed by atoms with E-state index in [1.807, 2.05) is 6.92 Å². The number of ether oxygens (including phenoxy) is 1. The van der Waals surface area contributed by atoms with E-state index in [4.69, 9.17) is 18.0 Å². The van der Waals surface area contributed by atoms with Gasteiger partial charge in [0.25, 0.3) is 0 Å². The van der Waals surface area contributed by atoms with Crippen molar-refractivity contribution in [3.05, 3.63) is 0 Å². The van der Waals surface area contributed by atoms with Crippen LogP contribution in [0.2, 0.25) is 0 Å². The van der Waals surface area contributed by atoms with Crippen molar-refractivity contribution in [2.45, 2.75) is 19.4 Å². The van der Waals surface area contributed by atoms with E-state index in [0.717, 1.165) is 0 Å². The maximum Gasteiger partial charge on any atom is 0.409 e. The Labute approximate surface area is 77.7 Å². The van der Waals surface area contributed by atoms with Crippen LogP contribution in [0, 0.1) is 0 Å². The molecule has 1 amide bonds. The fourth-order valence-electron chi connectivity index (χ4n) is 0.752. The fraction of sp³-hybridized carbons (Fsp3) is 0.714. The summed E-state index contributed by atoms with van der Waals surface area (Å²) in [7, 11) is 2.99. The molecule has 0 aromatic rings.